The highest BCUT2D eigenvalue weighted by Gasteiger charge is 2.70. The summed E-state index contributed by atoms with van der Waals surface area (Å²) < 4.78 is 24.6. The van der Waals surface area contributed by atoms with Crippen molar-refractivity contribution in [2.45, 2.75) is 71.0 Å². The first kappa shape index (κ1) is 31.4. The van der Waals surface area contributed by atoms with Gasteiger partial charge in [-0.3, -0.25) is 9.59 Å². The summed E-state index contributed by atoms with van der Waals surface area (Å²) >= 11 is 0.871. The van der Waals surface area contributed by atoms with Gasteiger partial charge in [-0.1, -0.05) is 31.2 Å². The number of Topliss-reactive ketones (excluding diaryl/α,β-unsaturated/α-hetero) is 1. The first-order valence-corrected chi connectivity index (χ1v) is 16.3. The fraction of sp³-hybridized carbons (Fsp3) is 0.500. The summed E-state index contributed by atoms with van der Waals surface area (Å²) in [5, 5.41) is 11.7. The van der Waals surface area contributed by atoms with Crippen LogP contribution in [0.15, 0.2) is 69.8 Å². The minimum atomic E-state index is -1.54. The molecule has 2 aromatic rings. The zero-order valence-corrected chi connectivity index (χ0v) is 26.4. The van der Waals surface area contributed by atoms with Gasteiger partial charge in [0.1, 0.15) is 17.9 Å². The number of aromatic nitrogens is 1. The predicted molar refractivity (Wildman–Crippen MR) is 167 cm³/mol. The fourth-order valence-electron chi connectivity index (χ4n) is 8.93. The molecule has 0 saturated heterocycles. The van der Waals surface area contributed by atoms with Gasteiger partial charge in [0.2, 0.25) is 5.12 Å². The molecule has 0 spiro atoms. The molecule has 7 atom stereocenters. The van der Waals surface area contributed by atoms with E-state index in [1.807, 2.05) is 6.92 Å². The molecule has 1 heterocycles. The second-order valence-electron chi connectivity index (χ2n) is 13.4. The van der Waals surface area contributed by atoms with Crippen LogP contribution in [0.3, 0.4) is 0 Å². The number of oxazole rings is 1. The number of ketones is 1. The largest absolute Gasteiger partial charge is 0.451 e. The molecule has 3 fully saturated rings. The Morgan fingerprint density at radius 2 is 2.00 bits per heavy atom. The molecule has 0 radical (unpaired) electrons. The number of aliphatic imine (C=N–C) groups is 1. The molecule has 45 heavy (non-hydrogen) atoms. The van der Waals surface area contributed by atoms with Gasteiger partial charge in [-0.2, -0.15) is 0 Å². The second-order valence-corrected chi connectivity index (χ2v) is 14.3. The number of benzene rings is 1. The molecule has 238 valence electrons. The molecule has 1 aromatic carbocycles. The molecule has 3 saturated carbocycles. The van der Waals surface area contributed by atoms with E-state index >= 15 is 0 Å². The topological polar surface area (TPSA) is 145 Å². The van der Waals surface area contributed by atoms with Gasteiger partial charge >= 0.3 is 5.97 Å². The van der Waals surface area contributed by atoms with E-state index in [-0.39, 0.29) is 52.3 Å². The fourth-order valence-corrected chi connectivity index (χ4v) is 9.87. The first-order chi connectivity index (χ1) is 21.4. The van der Waals surface area contributed by atoms with Crippen molar-refractivity contribution >= 4 is 40.0 Å². The Morgan fingerprint density at radius 1 is 1.24 bits per heavy atom. The lowest BCUT2D eigenvalue weighted by Crippen LogP contribution is -2.62. The number of hydrogen-bond acceptors (Lipinski definition) is 10. The number of aliphatic hydroxyl groups is 1. The highest BCUT2D eigenvalue weighted by molar-refractivity contribution is 8.14. The predicted octanol–water partition coefficient (Wildman–Crippen LogP) is 5.72. The van der Waals surface area contributed by atoms with Gasteiger partial charge in [0, 0.05) is 5.41 Å². The minimum Gasteiger partial charge on any atom is -0.451 e. The average molecular weight is 636 g/mol. The van der Waals surface area contributed by atoms with Crippen molar-refractivity contribution in [2.75, 3.05) is 5.75 Å². The van der Waals surface area contributed by atoms with Crippen molar-refractivity contribution in [1.29, 1.82) is 0 Å². The van der Waals surface area contributed by atoms with E-state index in [2.05, 4.69) is 18.0 Å². The molecular weight excluding hydrogens is 597 g/mol. The summed E-state index contributed by atoms with van der Waals surface area (Å²) in [6.45, 7) is 5.56. The Labute approximate surface area is 265 Å². The number of aliphatic hydroxyl groups excluding tert-OH is 1. The minimum absolute atomic E-state index is 0.0177. The molecule has 4 aliphatic rings. The van der Waals surface area contributed by atoms with E-state index in [0.717, 1.165) is 42.3 Å². The molecule has 11 heteroatoms. The summed E-state index contributed by atoms with van der Waals surface area (Å²) in [5.41, 5.74) is 6.68. The van der Waals surface area contributed by atoms with Gasteiger partial charge in [0.05, 0.1) is 23.3 Å². The van der Waals surface area contributed by atoms with Crippen molar-refractivity contribution in [1.82, 2.24) is 4.98 Å². The quantitative estimate of drug-likeness (QED) is 0.381. The van der Waals surface area contributed by atoms with Crippen LogP contribution >= 0.6 is 11.8 Å². The Kier molecular flexibility index (Phi) is 8.14. The summed E-state index contributed by atoms with van der Waals surface area (Å²) in [6.07, 6.45) is 8.46. The van der Waals surface area contributed by atoms with E-state index in [1.165, 1.54) is 30.9 Å². The molecule has 0 aliphatic heterocycles. The maximum Gasteiger partial charge on any atom is 0.361 e. The Morgan fingerprint density at radius 3 is 2.67 bits per heavy atom. The van der Waals surface area contributed by atoms with Gasteiger partial charge in [0.15, 0.2) is 17.7 Å². The normalized spacial score (nSPS) is 35.7. The summed E-state index contributed by atoms with van der Waals surface area (Å²) in [4.78, 5) is 47.9. The number of esters is 1. The van der Waals surface area contributed by atoms with Crippen LogP contribution in [0.1, 0.15) is 69.8 Å². The standard InChI is InChI=1S/C34H38FN3O6S/c1-19(39)17-45-31(42)34(44-30(41)27-16-43-18-37-27)11-10-25-24-9-4-21-12-26(38-23-7-5-22(35)6-8-23)20(15-36)13-32(21,2)29(24)28(40)14-33(25,34)3/h5-8,12,15-16,18,24-25,28-29,40H,4,9-11,13-14,17,36H2,1-3H3/t24-,25?,28?,29?,32-,33-,34-/m0/s1. The number of fused-ring (bicyclic) bond motifs is 5. The number of ether oxygens (including phenoxy) is 1. The maximum absolute atomic E-state index is 14.0. The van der Waals surface area contributed by atoms with Crippen LogP contribution in [-0.2, 0) is 14.3 Å². The third-order valence-corrected chi connectivity index (χ3v) is 12.1. The van der Waals surface area contributed by atoms with E-state index in [4.69, 9.17) is 19.9 Å². The maximum atomic E-state index is 14.0. The Hall–Kier alpha value is -3.57. The molecule has 6 rings (SSSR count). The lowest BCUT2D eigenvalue weighted by molar-refractivity contribution is -0.174. The lowest BCUT2D eigenvalue weighted by atomic mass is 9.45. The van der Waals surface area contributed by atoms with Crippen LogP contribution in [0, 0.1) is 34.4 Å². The van der Waals surface area contributed by atoms with Gasteiger partial charge in [0.25, 0.3) is 0 Å². The van der Waals surface area contributed by atoms with Gasteiger partial charge in [-0.05, 0) is 111 Å². The number of carbonyl (C=O) groups excluding carboxylic acids is 3. The second kappa shape index (κ2) is 11.7. The Balaban J connectivity index is 1.35. The summed E-state index contributed by atoms with van der Waals surface area (Å²) in [6, 6.07) is 6.01. The Bertz CT molecular complexity index is 1600. The number of nitrogens with two attached hydrogens (primary N) is 1. The van der Waals surface area contributed by atoms with Crippen LogP contribution < -0.4 is 5.73 Å². The zero-order valence-electron chi connectivity index (χ0n) is 25.6. The first-order valence-electron chi connectivity index (χ1n) is 15.3. The van der Waals surface area contributed by atoms with Crippen molar-refractivity contribution in [3.8, 4) is 0 Å². The highest BCUT2D eigenvalue weighted by atomic mass is 32.2. The zero-order chi connectivity index (χ0) is 32.1. The summed E-state index contributed by atoms with van der Waals surface area (Å²) in [7, 11) is 0. The molecule has 9 nitrogen and oxygen atoms in total. The monoisotopic (exact) mass is 635 g/mol. The molecular formula is C34H38FN3O6S. The van der Waals surface area contributed by atoms with Crippen molar-refractivity contribution in [2.24, 2.45) is 39.3 Å². The number of thioether (sulfide) groups is 1. The molecule has 1 aromatic heterocycles. The summed E-state index contributed by atoms with van der Waals surface area (Å²) in [5.74, 6) is -1.37. The molecule has 0 amide bonds. The van der Waals surface area contributed by atoms with E-state index in [0.29, 0.717) is 24.9 Å². The van der Waals surface area contributed by atoms with Gasteiger partial charge < -0.3 is 20.0 Å². The number of allylic oxidation sites excluding steroid dienone is 3. The van der Waals surface area contributed by atoms with Crippen molar-refractivity contribution in [3.63, 3.8) is 0 Å². The number of hydrogen-bond donors (Lipinski definition) is 2. The van der Waals surface area contributed by atoms with E-state index in [9.17, 15) is 23.9 Å². The molecule has 3 N–H and O–H groups in total. The van der Waals surface area contributed by atoms with E-state index in [1.54, 1.807) is 18.3 Å². The third-order valence-electron chi connectivity index (χ3n) is 10.9. The number of rotatable bonds is 6. The highest BCUT2D eigenvalue weighted by Crippen LogP contribution is 2.69. The van der Waals surface area contributed by atoms with Crippen LogP contribution in [0.5, 0.6) is 0 Å². The molecule has 4 aliphatic carbocycles. The van der Waals surface area contributed by atoms with Crippen LogP contribution in [0.4, 0.5) is 10.1 Å². The van der Waals surface area contributed by atoms with Crippen LogP contribution in [0.25, 0.3) is 0 Å². The van der Waals surface area contributed by atoms with Crippen LogP contribution in [0.2, 0.25) is 0 Å². The van der Waals surface area contributed by atoms with E-state index < -0.39 is 28.5 Å². The molecule has 3 unspecified atom stereocenters. The molecule has 0 bridgehead atoms. The third kappa shape index (κ3) is 5.17. The number of nitrogens with zero attached hydrogens (tertiary/aromatic N) is 2. The number of carbonyl (C=O) groups is 3. The van der Waals surface area contributed by atoms with Crippen LogP contribution in [-0.4, -0.2) is 50.1 Å². The average Bonchev–Trinajstić information content (AvgIpc) is 3.64. The van der Waals surface area contributed by atoms with Gasteiger partial charge in [-0.15, -0.1) is 0 Å². The van der Waals surface area contributed by atoms with Crippen molar-refractivity contribution < 1.29 is 33.0 Å². The van der Waals surface area contributed by atoms with Crippen molar-refractivity contribution in [3.05, 3.63) is 71.9 Å². The lowest BCUT2D eigenvalue weighted by Gasteiger charge is -2.60. The van der Waals surface area contributed by atoms with Gasteiger partial charge in [-0.25, -0.2) is 19.2 Å². The number of halogens is 1. The SMILES string of the molecule is CC(=O)CSC(=O)[C@@]1(OC(=O)c2cocn2)CCC2[C@@H]3CCC4=CC(=Nc5ccc(F)cc5)C(=CN)C[C@]4(C)C3C(O)C[C@@]21C. The smallest absolute Gasteiger partial charge is 0.361 e.